The summed E-state index contributed by atoms with van der Waals surface area (Å²) < 4.78 is 1.72. The minimum Gasteiger partial charge on any atom is -0.341 e. The molecule has 1 amide bonds. The zero-order chi connectivity index (χ0) is 19.5. The maximum absolute atomic E-state index is 13.3. The first-order valence-corrected chi connectivity index (χ1v) is 10.4. The Morgan fingerprint density at radius 3 is 2.39 bits per heavy atom. The quantitative estimate of drug-likeness (QED) is 0.618. The van der Waals surface area contributed by atoms with Gasteiger partial charge in [-0.3, -0.25) is 4.79 Å². The molecule has 2 aromatic carbocycles. The maximum atomic E-state index is 13.3. The van der Waals surface area contributed by atoms with Crippen molar-refractivity contribution in [3.05, 3.63) is 65.2 Å². The van der Waals surface area contributed by atoms with Gasteiger partial charge in [-0.1, -0.05) is 48.2 Å². The molecule has 1 aromatic heterocycles. The average molecular weight is 394 g/mol. The van der Waals surface area contributed by atoms with Gasteiger partial charge in [0.15, 0.2) is 0 Å². The molecule has 1 fully saturated rings. The SMILES string of the molecule is Cc1cc(C)cc(-n2nnnc2S[C@H](C(=O)N2CCCC2)c2ccccc2)c1. The highest BCUT2D eigenvalue weighted by Crippen LogP contribution is 2.37. The van der Waals surface area contributed by atoms with E-state index >= 15 is 0 Å². The fourth-order valence-electron chi connectivity index (χ4n) is 3.58. The highest BCUT2D eigenvalue weighted by atomic mass is 32.2. The number of amides is 1. The highest BCUT2D eigenvalue weighted by molar-refractivity contribution is 8.00. The van der Waals surface area contributed by atoms with E-state index in [4.69, 9.17) is 0 Å². The number of likely N-dealkylation sites (tertiary alicyclic amines) is 1. The van der Waals surface area contributed by atoms with Crippen LogP contribution >= 0.6 is 11.8 Å². The molecule has 4 rings (SSSR count). The van der Waals surface area contributed by atoms with Crippen molar-refractivity contribution in [1.29, 1.82) is 0 Å². The van der Waals surface area contributed by atoms with Crippen LogP contribution in [-0.2, 0) is 4.79 Å². The summed E-state index contributed by atoms with van der Waals surface area (Å²) in [6, 6.07) is 16.1. The summed E-state index contributed by atoms with van der Waals surface area (Å²) in [5.41, 5.74) is 4.17. The van der Waals surface area contributed by atoms with E-state index in [0.717, 1.165) is 48.3 Å². The Kier molecular flexibility index (Phi) is 5.43. The van der Waals surface area contributed by atoms with Crippen LogP contribution in [0.3, 0.4) is 0 Å². The first-order chi connectivity index (χ1) is 13.6. The Labute approximate surface area is 168 Å². The molecule has 0 saturated carbocycles. The first-order valence-electron chi connectivity index (χ1n) is 9.49. The molecule has 1 saturated heterocycles. The lowest BCUT2D eigenvalue weighted by Crippen LogP contribution is -2.31. The summed E-state index contributed by atoms with van der Waals surface area (Å²) in [5, 5.41) is 12.5. The predicted octanol–water partition coefficient (Wildman–Crippen LogP) is 3.73. The third kappa shape index (κ3) is 3.94. The number of carbonyl (C=O) groups excluding carboxylic acids is 1. The molecule has 3 aromatic rings. The molecule has 0 unspecified atom stereocenters. The van der Waals surface area contributed by atoms with Crippen molar-refractivity contribution in [2.45, 2.75) is 37.1 Å². The minimum absolute atomic E-state index is 0.128. The van der Waals surface area contributed by atoms with Gasteiger partial charge >= 0.3 is 0 Å². The van der Waals surface area contributed by atoms with Crippen LogP contribution in [0, 0.1) is 13.8 Å². The Bertz CT molecular complexity index is 946. The number of aromatic nitrogens is 4. The molecule has 7 heteroatoms. The highest BCUT2D eigenvalue weighted by Gasteiger charge is 2.30. The second-order valence-corrected chi connectivity index (χ2v) is 8.23. The topological polar surface area (TPSA) is 63.9 Å². The van der Waals surface area contributed by atoms with Crippen LogP contribution in [0.1, 0.15) is 34.8 Å². The molecule has 0 N–H and O–H groups in total. The standard InChI is InChI=1S/C21H23N5OS/c1-15-12-16(2)14-18(13-15)26-21(22-23-24-26)28-19(17-8-4-3-5-9-17)20(27)25-10-6-7-11-25/h3-5,8-9,12-14,19H,6-7,10-11H2,1-2H3/t19-/m0/s1. The molecular formula is C21H23N5OS. The number of thioether (sulfide) groups is 1. The summed E-state index contributed by atoms with van der Waals surface area (Å²) in [6.45, 7) is 5.75. The monoisotopic (exact) mass is 393 g/mol. The largest absolute Gasteiger partial charge is 0.341 e. The van der Waals surface area contributed by atoms with Crippen molar-refractivity contribution in [3.63, 3.8) is 0 Å². The normalized spacial score (nSPS) is 15.0. The van der Waals surface area contributed by atoms with Crippen molar-refractivity contribution in [3.8, 4) is 5.69 Å². The summed E-state index contributed by atoms with van der Waals surface area (Å²) in [6.07, 6.45) is 2.14. The van der Waals surface area contributed by atoms with Gasteiger partial charge in [0, 0.05) is 13.1 Å². The van der Waals surface area contributed by atoms with Crippen LogP contribution in [-0.4, -0.2) is 44.1 Å². The minimum atomic E-state index is -0.366. The molecule has 28 heavy (non-hydrogen) atoms. The molecule has 1 atom stereocenters. The molecule has 144 valence electrons. The van der Waals surface area contributed by atoms with Gasteiger partial charge in [-0.15, -0.1) is 5.10 Å². The number of benzene rings is 2. The number of hydrogen-bond donors (Lipinski definition) is 0. The van der Waals surface area contributed by atoms with E-state index in [2.05, 4.69) is 35.4 Å². The molecule has 6 nitrogen and oxygen atoms in total. The summed E-state index contributed by atoms with van der Waals surface area (Å²) in [7, 11) is 0. The number of carbonyl (C=O) groups is 1. The second kappa shape index (κ2) is 8.14. The van der Waals surface area contributed by atoms with E-state index in [1.165, 1.54) is 11.8 Å². The maximum Gasteiger partial charge on any atom is 0.240 e. The van der Waals surface area contributed by atoms with Crippen molar-refractivity contribution in [2.75, 3.05) is 13.1 Å². The van der Waals surface area contributed by atoms with Crippen molar-refractivity contribution in [1.82, 2.24) is 25.1 Å². The molecular weight excluding hydrogens is 370 g/mol. The fraction of sp³-hybridized carbons (Fsp3) is 0.333. The number of tetrazole rings is 1. The van der Waals surface area contributed by atoms with Gasteiger partial charge in [-0.25, -0.2) is 0 Å². The summed E-state index contributed by atoms with van der Waals surface area (Å²) in [5.74, 6) is 0.128. The number of hydrogen-bond acceptors (Lipinski definition) is 5. The van der Waals surface area contributed by atoms with Crippen LogP contribution < -0.4 is 0 Å². The molecule has 1 aliphatic heterocycles. The van der Waals surface area contributed by atoms with Crippen LogP contribution in [0.15, 0.2) is 53.7 Å². The number of aryl methyl sites for hydroxylation is 2. The second-order valence-electron chi connectivity index (χ2n) is 7.16. The van der Waals surface area contributed by atoms with Crippen molar-refractivity contribution in [2.24, 2.45) is 0 Å². The van der Waals surface area contributed by atoms with E-state index < -0.39 is 0 Å². The van der Waals surface area contributed by atoms with Crippen LogP contribution in [0.25, 0.3) is 5.69 Å². The summed E-state index contributed by atoms with van der Waals surface area (Å²) in [4.78, 5) is 15.2. The predicted molar refractivity (Wildman–Crippen MR) is 109 cm³/mol. The Morgan fingerprint density at radius 2 is 1.71 bits per heavy atom. The molecule has 0 radical (unpaired) electrons. The van der Waals surface area contributed by atoms with Crippen LogP contribution in [0.5, 0.6) is 0 Å². The number of rotatable bonds is 5. The van der Waals surface area contributed by atoms with Gasteiger partial charge in [0.2, 0.25) is 11.1 Å². The van der Waals surface area contributed by atoms with Crippen molar-refractivity contribution >= 4 is 17.7 Å². The fourth-order valence-corrected chi connectivity index (χ4v) is 4.66. The lowest BCUT2D eigenvalue weighted by atomic mass is 10.1. The Hall–Kier alpha value is -2.67. The Morgan fingerprint density at radius 1 is 1.04 bits per heavy atom. The van der Waals surface area contributed by atoms with E-state index in [-0.39, 0.29) is 11.2 Å². The molecule has 1 aliphatic rings. The molecule has 0 spiro atoms. The van der Waals surface area contributed by atoms with Gasteiger partial charge in [0.05, 0.1) is 5.69 Å². The van der Waals surface area contributed by atoms with Gasteiger partial charge in [0.25, 0.3) is 0 Å². The Balaban J connectivity index is 1.68. The first kappa shape index (κ1) is 18.7. The molecule has 0 bridgehead atoms. The molecule has 2 heterocycles. The lowest BCUT2D eigenvalue weighted by Gasteiger charge is -2.22. The van der Waals surface area contributed by atoms with E-state index in [1.54, 1.807) is 4.68 Å². The van der Waals surface area contributed by atoms with Crippen LogP contribution in [0.2, 0.25) is 0 Å². The summed E-state index contributed by atoms with van der Waals surface area (Å²) >= 11 is 1.41. The van der Waals surface area contributed by atoms with Gasteiger partial charge < -0.3 is 4.90 Å². The van der Waals surface area contributed by atoms with Gasteiger partial charge in [0.1, 0.15) is 5.25 Å². The zero-order valence-electron chi connectivity index (χ0n) is 16.1. The number of nitrogens with zero attached hydrogens (tertiary/aromatic N) is 5. The zero-order valence-corrected chi connectivity index (χ0v) is 16.9. The van der Waals surface area contributed by atoms with E-state index in [0.29, 0.717) is 5.16 Å². The molecule has 0 aliphatic carbocycles. The van der Waals surface area contributed by atoms with Gasteiger partial charge in [-0.05, 0) is 65.9 Å². The van der Waals surface area contributed by atoms with Gasteiger partial charge in [-0.2, -0.15) is 4.68 Å². The third-order valence-electron chi connectivity index (χ3n) is 4.86. The average Bonchev–Trinajstić information content (AvgIpc) is 3.37. The smallest absolute Gasteiger partial charge is 0.240 e. The third-order valence-corrected chi connectivity index (χ3v) is 6.03. The van der Waals surface area contributed by atoms with E-state index in [9.17, 15) is 4.79 Å². The van der Waals surface area contributed by atoms with Crippen LogP contribution in [0.4, 0.5) is 0 Å². The lowest BCUT2D eigenvalue weighted by molar-refractivity contribution is -0.129. The van der Waals surface area contributed by atoms with E-state index in [1.807, 2.05) is 47.4 Å². The van der Waals surface area contributed by atoms with Crippen molar-refractivity contribution < 1.29 is 4.79 Å².